The van der Waals surface area contributed by atoms with Crippen molar-refractivity contribution in [1.29, 1.82) is 0 Å². The maximum Gasteiger partial charge on any atom is 0.0720 e. The Hall–Kier alpha value is -1.45. The van der Waals surface area contributed by atoms with Crippen molar-refractivity contribution in [2.45, 2.75) is 51.4 Å². The van der Waals surface area contributed by atoms with Crippen molar-refractivity contribution in [3.05, 3.63) is 42.1 Å². The fourth-order valence-electron chi connectivity index (χ4n) is 3.15. The van der Waals surface area contributed by atoms with Crippen LogP contribution in [-0.2, 0) is 11.3 Å². The third-order valence-corrected chi connectivity index (χ3v) is 4.32. The van der Waals surface area contributed by atoms with Gasteiger partial charge in [0.25, 0.3) is 0 Å². The second-order valence-electron chi connectivity index (χ2n) is 5.87. The van der Waals surface area contributed by atoms with Gasteiger partial charge in [0.15, 0.2) is 0 Å². The van der Waals surface area contributed by atoms with E-state index in [-0.39, 0.29) is 0 Å². The Morgan fingerprint density at radius 3 is 2.86 bits per heavy atom. The lowest BCUT2D eigenvalue weighted by Gasteiger charge is -2.29. The van der Waals surface area contributed by atoms with E-state index in [0.29, 0.717) is 18.8 Å². The van der Waals surface area contributed by atoms with Gasteiger partial charge in [0.2, 0.25) is 0 Å². The van der Waals surface area contributed by atoms with Crippen LogP contribution in [0.15, 0.2) is 36.5 Å². The van der Waals surface area contributed by atoms with Gasteiger partial charge in [-0.15, -0.1) is 0 Å². The molecule has 112 valence electrons. The summed E-state index contributed by atoms with van der Waals surface area (Å²) in [5, 5.41) is 4.73. The predicted molar refractivity (Wildman–Crippen MR) is 86.3 cm³/mol. The minimum atomic E-state index is 0.421. The molecule has 1 aromatic carbocycles. The van der Waals surface area contributed by atoms with E-state index in [1.54, 1.807) is 0 Å². The average Bonchev–Trinajstić information content (AvgIpc) is 2.54. The van der Waals surface area contributed by atoms with Crippen LogP contribution in [0, 0.1) is 0 Å². The summed E-state index contributed by atoms with van der Waals surface area (Å²) in [6, 6.07) is 11.2. The Morgan fingerprint density at radius 2 is 2.05 bits per heavy atom. The first-order valence-corrected chi connectivity index (χ1v) is 8.04. The zero-order chi connectivity index (χ0) is 14.5. The lowest BCUT2D eigenvalue weighted by atomic mass is 9.93. The van der Waals surface area contributed by atoms with E-state index in [4.69, 9.17) is 4.74 Å². The van der Waals surface area contributed by atoms with Gasteiger partial charge in [-0.3, -0.25) is 4.98 Å². The third kappa shape index (κ3) is 3.80. The quantitative estimate of drug-likeness (QED) is 0.909. The summed E-state index contributed by atoms with van der Waals surface area (Å²) in [5.74, 6) is 0. The van der Waals surface area contributed by atoms with E-state index in [0.717, 1.165) is 12.1 Å². The van der Waals surface area contributed by atoms with Gasteiger partial charge in [0.05, 0.1) is 18.2 Å². The normalized spacial score (nSPS) is 22.5. The zero-order valence-corrected chi connectivity index (χ0v) is 12.7. The van der Waals surface area contributed by atoms with E-state index in [9.17, 15) is 0 Å². The van der Waals surface area contributed by atoms with Gasteiger partial charge < -0.3 is 10.1 Å². The minimum absolute atomic E-state index is 0.421. The predicted octanol–water partition coefficient (Wildman–Crippen LogP) is 3.67. The topological polar surface area (TPSA) is 34.1 Å². The fraction of sp³-hybridized carbons (Fsp3) is 0.500. The molecule has 0 bridgehead atoms. The molecule has 3 nitrogen and oxygen atoms in total. The van der Waals surface area contributed by atoms with E-state index >= 15 is 0 Å². The summed E-state index contributed by atoms with van der Waals surface area (Å²) in [7, 11) is 0. The summed E-state index contributed by atoms with van der Waals surface area (Å²) in [5.41, 5.74) is 2.29. The highest BCUT2D eigenvalue weighted by atomic mass is 16.5. The summed E-state index contributed by atoms with van der Waals surface area (Å²) in [6.45, 7) is 3.96. The fourth-order valence-corrected chi connectivity index (χ4v) is 3.15. The van der Waals surface area contributed by atoms with Gasteiger partial charge in [-0.05, 0) is 56.0 Å². The van der Waals surface area contributed by atoms with Gasteiger partial charge in [-0.2, -0.15) is 0 Å². The molecule has 2 aromatic rings. The van der Waals surface area contributed by atoms with Crippen LogP contribution in [0.25, 0.3) is 10.9 Å². The van der Waals surface area contributed by atoms with Crippen LogP contribution >= 0.6 is 0 Å². The number of hydrogen-bond acceptors (Lipinski definition) is 3. The SMILES string of the molecule is CCNC1CCC(OCc2ccc3ncccc3c2)CC1. The summed E-state index contributed by atoms with van der Waals surface area (Å²) in [4.78, 5) is 4.35. The van der Waals surface area contributed by atoms with Crippen molar-refractivity contribution >= 4 is 10.9 Å². The molecule has 0 unspecified atom stereocenters. The second kappa shape index (κ2) is 7.01. The minimum Gasteiger partial charge on any atom is -0.374 e. The summed E-state index contributed by atoms with van der Waals surface area (Å²) >= 11 is 0. The second-order valence-corrected chi connectivity index (χ2v) is 5.87. The molecule has 0 aliphatic heterocycles. The molecular formula is C18H24N2O. The zero-order valence-electron chi connectivity index (χ0n) is 12.7. The highest BCUT2D eigenvalue weighted by Gasteiger charge is 2.20. The molecule has 1 heterocycles. The Balaban J connectivity index is 1.52. The molecule has 0 spiro atoms. The average molecular weight is 284 g/mol. The van der Waals surface area contributed by atoms with Gasteiger partial charge in [0, 0.05) is 17.6 Å². The van der Waals surface area contributed by atoms with Crippen LogP contribution in [0.5, 0.6) is 0 Å². The van der Waals surface area contributed by atoms with Crippen LogP contribution in [-0.4, -0.2) is 23.7 Å². The van der Waals surface area contributed by atoms with Crippen molar-refractivity contribution in [3.8, 4) is 0 Å². The largest absolute Gasteiger partial charge is 0.374 e. The molecule has 0 radical (unpaired) electrons. The summed E-state index contributed by atoms with van der Waals surface area (Å²) in [6.07, 6.45) is 7.07. The number of fused-ring (bicyclic) bond motifs is 1. The standard InChI is InChI=1S/C18H24N2O/c1-2-19-16-6-8-17(9-7-16)21-13-14-5-10-18-15(12-14)4-3-11-20-18/h3-5,10-12,16-17,19H,2,6-9,13H2,1H3. The first-order valence-electron chi connectivity index (χ1n) is 8.04. The van der Waals surface area contributed by atoms with E-state index < -0.39 is 0 Å². The third-order valence-electron chi connectivity index (χ3n) is 4.32. The van der Waals surface area contributed by atoms with Crippen molar-refractivity contribution in [3.63, 3.8) is 0 Å². The number of nitrogens with zero attached hydrogens (tertiary/aromatic N) is 1. The number of rotatable bonds is 5. The Labute approximate surface area is 126 Å². The monoisotopic (exact) mass is 284 g/mol. The maximum absolute atomic E-state index is 6.10. The van der Waals surface area contributed by atoms with Crippen molar-refractivity contribution in [2.75, 3.05) is 6.54 Å². The smallest absolute Gasteiger partial charge is 0.0720 e. The van der Waals surface area contributed by atoms with Crippen molar-refractivity contribution in [2.24, 2.45) is 0 Å². The number of benzene rings is 1. The molecule has 21 heavy (non-hydrogen) atoms. The van der Waals surface area contributed by atoms with Crippen molar-refractivity contribution < 1.29 is 4.74 Å². The molecule has 1 fully saturated rings. The van der Waals surface area contributed by atoms with Gasteiger partial charge in [0.1, 0.15) is 0 Å². The molecule has 0 amide bonds. The first-order chi connectivity index (χ1) is 10.3. The molecule has 0 atom stereocenters. The molecule has 1 N–H and O–H groups in total. The molecule has 1 aliphatic rings. The Morgan fingerprint density at radius 1 is 1.19 bits per heavy atom. The Bertz CT molecular complexity index is 576. The van der Waals surface area contributed by atoms with E-state index in [2.05, 4.69) is 41.5 Å². The number of pyridine rings is 1. The summed E-state index contributed by atoms with van der Waals surface area (Å²) < 4.78 is 6.10. The van der Waals surface area contributed by atoms with E-state index in [1.807, 2.05) is 12.3 Å². The molecule has 1 aliphatic carbocycles. The van der Waals surface area contributed by atoms with Gasteiger partial charge in [-0.25, -0.2) is 0 Å². The van der Waals surface area contributed by atoms with E-state index in [1.165, 1.54) is 36.6 Å². The van der Waals surface area contributed by atoms with Crippen LogP contribution in [0.2, 0.25) is 0 Å². The molecule has 3 rings (SSSR count). The molecule has 1 saturated carbocycles. The number of aromatic nitrogens is 1. The van der Waals surface area contributed by atoms with Crippen LogP contribution in [0.3, 0.4) is 0 Å². The first kappa shape index (κ1) is 14.5. The van der Waals surface area contributed by atoms with Gasteiger partial charge in [-0.1, -0.05) is 19.1 Å². The maximum atomic E-state index is 6.10. The molecule has 3 heteroatoms. The Kier molecular flexibility index (Phi) is 4.84. The number of hydrogen-bond donors (Lipinski definition) is 1. The van der Waals surface area contributed by atoms with Crippen LogP contribution in [0.1, 0.15) is 38.2 Å². The van der Waals surface area contributed by atoms with Crippen LogP contribution in [0.4, 0.5) is 0 Å². The highest BCUT2D eigenvalue weighted by Crippen LogP contribution is 2.23. The van der Waals surface area contributed by atoms with Gasteiger partial charge >= 0.3 is 0 Å². The lowest BCUT2D eigenvalue weighted by Crippen LogP contribution is -2.35. The van der Waals surface area contributed by atoms with Crippen molar-refractivity contribution in [1.82, 2.24) is 10.3 Å². The lowest BCUT2D eigenvalue weighted by molar-refractivity contribution is 0.0115. The molecular weight excluding hydrogens is 260 g/mol. The number of nitrogens with one attached hydrogen (secondary N) is 1. The highest BCUT2D eigenvalue weighted by molar-refractivity contribution is 5.78. The molecule has 1 aromatic heterocycles. The van der Waals surface area contributed by atoms with Crippen LogP contribution < -0.4 is 5.32 Å². The molecule has 0 saturated heterocycles. The number of ether oxygens (including phenoxy) is 1.